The third-order valence-corrected chi connectivity index (χ3v) is 16.5. The van der Waals surface area contributed by atoms with Crippen LogP contribution in [0.1, 0.15) is 12.8 Å². The van der Waals surface area contributed by atoms with Crippen LogP contribution >= 0.6 is 13.8 Å². The molecule has 0 radical (unpaired) electrons. The van der Waals surface area contributed by atoms with E-state index < -0.39 is 19.9 Å². The molecule has 0 fully saturated rings. The third-order valence-electron chi connectivity index (χ3n) is 8.28. The average Bonchev–Trinajstić information content (AvgIpc) is 3.12. The number of hydrogen-bond acceptors (Lipinski definition) is 1. The molecule has 3 heteroatoms. The van der Waals surface area contributed by atoms with Gasteiger partial charge in [-0.15, -0.1) is 0 Å². The number of rotatable bonds is 10. The molecule has 0 aromatic heterocycles. The maximum absolute atomic E-state index is 11.8. The second-order valence-electron chi connectivity index (χ2n) is 10.9. The van der Waals surface area contributed by atoms with Crippen molar-refractivity contribution in [3.8, 4) is 0 Å². The topological polar surface area (TPSA) is 20.2 Å². The third kappa shape index (κ3) is 6.10. The number of benzene rings is 6. The lowest BCUT2D eigenvalue weighted by atomic mass is 10.2. The van der Waals surface area contributed by atoms with E-state index in [0.717, 1.165) is 0 Å². The van der Waals surface area contributed by atoms with Crippen molar-refractivity contribution in [3.05, 3.63) is 182 Å². The lowest BCUT2D eigenvalue weighted by Gasteiger charge is -2.30. The van der Waals surface area contributed by atoms with Crippen molar-refractivity contribution >= 4 is 57.2 Å². The zero-order valence-corrected chi connectivity index (χ0v) is 26.6. The van der Waals surface area contributed by atoms with E-state index in [4.69, 9.17) is 0 Å². The van der Waals surface area contributed by atoms with Crippen molar-refractivity contribution in [1.29, 1.82) is 0 Å². The van der Waals surface area contributed by atoms with E-state index in [1.54, 1.807) is 0 Å². The fourth-order valence-corrected chi connectivity index (χ4v) is 14.2. The van der Waals surface area contributed by atoms with Crippen molar-refractivity contribution in [1.82, 2.24) is 0 Å². The fourth-order valence-electron chi connectivity index (χ4n) is 6.16. The quantitative estimate of drug-likeness (QED) is 0.171. The van der Waals surface area contributed by atoms with Crippen LogP contribution in [0.4, 0.5) is 0 Å². The first-order valence-electron chi connectivity index (χ1n) is 15.2. The lowest BCUT2D eigenvalue weighted by Crippen LogP contribution is -2.29. The predicted molar refractivity (Wildman–Crippen MR) is 198 cm³/mol. The summed E-state index contributed by atoms with van der Waals surface area (Å²) in [5, 5.41) is 19.6. The molecule has 6 aromatic carbocycles. The highest BCUT2D eigenvalue weighted by atomic mass is 31.2. The van der Waals surface area contributed by atoms with Crippen molar-refractivity contribution < 1.29 is 5.11 Å². The van der Waals surface area contributed by atoms with Crippen LogP contribution in [0.3, 0.4) is 0 Å². The van der Waals surface area contributed by atoms with Gasteiger partial charge >= 0.3 is 0 Å². The van der Waals surface area contributed by atoms with E-state index in [1.165, 1.54) is 31.8 Å². The molecular formula is C41H38OP2. The first-order valence-corrected chi connectivity index (χ1v) is 18.9. The molecule has 0 amide bonds. The molecule has 44 heavy (non-hydrogen) atoms. The van der Waals surface area contributed by atoms with Gasteiger partial charge in [-0.25, -0.2) is 0 Å². The number of hydrogen-bond donors (Lipinski definition) is 1. The van der Waals surface area contributed by atoms with Crippen molar-refractivity contribution in [2.24, 2.45) is 0 Å². The molecule has 6 aromatic rings. The fraction of sp³-hybridized carbons (Fsp3) is 0.0732. The van der Waals surface area contributed by atoms with Crippen molar-refractivity contribution in [2.45, 2.75) is 18.9 Å². The van der Waals surface area contributed by atoms with Gasteiger partial charge in [0.15, 0.2) is 0 Å². The second-order valence-corrected chi connectivity index (χ2v) is 17.7. The van der Waals surface area contributed by atoms with Gasteiger partial charge in [0.05, 0.1) is 6.10 Å². The molecule has 1 nitrogen and oxygen atoms in total. The smallest absolute Gasteiger partial charge is 0.0610 e. The van der Waals surface area contributed by atoms with Gasteiger partial charge in [0.2, 0.25) is 0 Å². The molecule has 0 saturated carbocycles. The van der Waals surface area contributed by atoms with E-state index >= 15 is 0 Å². The van der Waals surface area contributed by atoms with Crippen molar-refractivity contribution in [3.63, 3.8) is 0 Å². The van der Waals surface area contributed by atoms with Gasteiger partial charge in [-0.05, 0) is 58.4 Å². The molecule has 0 aliphatic heterocycles. The van der Waals surface area contributed by atoms with Gasteiger partial charge < -0.3 is 5.11 Å². The Morgan fingerprint density at radius 3 is 0.705 bits per heavy atom. The molecule has 0 atom stereocenters. The number of aliphatic hydroxyl groups excluding tert-OH is 1. The summed E-state index contributed by atoms with van der Waals surface area (Å²) in [7, 11) is 0. The van der Waals surface area contributed by atoms with E-state index in [9.17, 15) is 5.11 Å². The van der Waals surface area contributed by atoms with Crippen molar-refractivity contribution in [2.75, 3.05) is 0 Å². The minimum absolute atomic E-state index is 0.527. The van der Waals surface area contributed by atoms with E-state index in [0.29, 0.717) is 12.8 Å². The van der Waals surface area contributed by atoms with Gasteiger partial charge in [-0.3, -0.25) is 0 Å². The van der Waals surface area contributed by atoms with Gasteiger partial charge in [-0.2, -0.15) is 0 Å². The van der Waals surface area contributed by atoms with Crippen LogP contribution in [-0.2, 0) is 0 Å². The molecule has 0 bridgehead atoms. The zero-order valence-electron chi connectivity index (χ0n) is 24.8. The summed E-state index contributed by atoms with van der Waals surface area (Å²) in [6, 6.07) is 65.1. The number of aliphatic hydroxyl groups is 1. The van der Waals surface area contributed by atoms with Gasteiger partial charge in [0.25, 0.3) is 0 Å². The molecular weight excluding hydrogens is 570 g/mol. The monoisotopic (exact) mass is 608 g/mol. The van der Waals surface area contributed by atoms with Crippen LogP contribution in [0, 0.1) is 0 Å². The minimum Gasteiger partial charge on any atom is -0.392 e. The molecule has 0 spiro atoms. The highest BCUT2D eigenvalue weighted by Crippen LogP contribution is 2.45. The summed E-state index contributed by atoms with van der Waals surface area (Å²) in [6.45, 7) is -4.27. The Kier molecular flexibility index (Phi) is 9.60. The molecule has 1 N–H and O–H groups in total. The Hall–Kier alpha value is -4.12. The summed E-state index contributed by atoms with van der Waals surface area (Å²) in [4.78, 5) is 0. The largest absolute Gasteiger partial charge is 0.392 e. The summed E-state index contributed by atoms with van der Waals surface area (Å²) in [5.74, 6) is 4.89. The average molecular weight is 609 g/mol. The first-order chi connectivity index (χ1) is 21.7. The Morgan fingerprint density at radius 2 is 0.523 bits per heavy atom. The Labute approximate surface area is 262 Å². The van der Waals surface area contributed by atoms with E-state index in [-0.39, 0.29) is 0 Å². The molecule has 0 aliphatic rings. The normalized spacial score (nSPS) is 11.7. The predicted octanol–water partition coefficient (Wildman–Crippen LogP) is 6.72. The molecule has 218 valence electrons. The van der Waals surface area contributed by atoms with E-state index in [2.05, 4.69) is 194 Å². The second kappa shape index (κ2) is 14.1. The standard InChI is InChI=1S/C41H38OP2/c42-35(31-33-43(36-19-7-1-8-20-36,37-21-9-2-10-22-37)38-23-11-3-12-24-38)32-34-44(39-25-13-4-14-26-39,40-27-15-5-16-28-40)41-29-17-6-18-30-41/h1-30,33-35,42H,31-32H2. The summed E-state index contributed by atoms with van der Waals surface area (Å²) < 4.78 is 0. The highest BCUT2D eigenvalue weighted by molar-refractivity contribution is 7.94. The summed E-state index contributed by atoms with van der Waals surface area (Å²) in [5.41, 5.74) is 0. The Balaban J connectivity index is 1.49. The van der Waals surface area contributed by atoms with Crippen LogP contribution < -0.4 is 31.8 Å². The first kappa shape index (κ1) is 29.9. The maximum Gasteiger partial charge on any atom is 0.0610 e. The van der Waals surface area contributed by atoms with Crippen LogP contribution in [0.15, 0.2) is 182 Å². The molecule has 0 saturated heterocycles. The molecule has 6 rings (SSSR count). The van der Waals surface area contributed by atoms with Gasteiger partial charge in [0.1, 0.15) is 0 Å². The summed E-state index contributed by atoms with van der Waals surface area (Å²) in [6.07, 6.45) is 0.642. The Bertz CT molecular complexity index is 1510. The molecule has 0 aliphatic carbocycles. The maximum atomic E-state index is 11.8. The van der Waals surface area contributed by atoms with Gasteiger partial charge in [-0.1, -0.05) is 194 Å². The molecule has 0 unspecified atom stereocenters. The molecule has 0 heterocycles. The van der Waals surface area contributed by atoms with E-state index in [1.807, 2.05) is 0 Å². The lowest BCUT2D eigenvalue weighted by molar-refractivity contribution is 0.194. The van der Waals surface area contributed by atoms with Crippen LogP contribution in [0.2, 0.25) is 0 Å². The van der Waals surface area contributed by atoms with Gasteiger partial charge in [0, 0.05) is 0 Å². The zero-order chi connectivity index (χ0) is 30.1. The Morgan fingerprint density at radius 1 is 0.341 bits per heavy atom. The SMILES string of the molecule is OC(CC=P(c1ccccc1)(c1ccccc1)c1ccccc1)CC=P(c1ccccc1)(c1ccccc1)c1ccccc1. The van der Waals surface area contributed by atoms with Crippen LogP contribution in [0.25, 0.3) is 0 Å². The minimum atomic E-state index is -2.14. The summed E-state index contributed by atoms with van der Waals surface area (Å²) >= 11 is 0. The highest BCUT2D eigenvalue weighted by Gasteiger charge is 2.27. The van der Waals surface area contributed by atoms with Crippen LogP contribution in [-0.4, -0.2) is 22.8 Å². The van der Waals surface area contributed by atoms with Crippen LogP contribution in [0.5, 0.6) is 0 Å².